The van der Waals surface area contributed by atoms with Gasteiger partial charge in [0.25, 0.3) is 0 Å². The molecule has 0 aliphatic rings. The van der Waals surface area contributed by atoms with Crippen LogP contribution in [0, 0.1) is 11.3 Å². The second kappa shape index (κ2) is 9.82. The van der Waals surface area contributed by atoms with Crippen LogP contribution in [0.2, 0.25) is 0 Å². The number of nitrogens with zero attached hydrogens (tertiary/aromatic N) is 5. The van der Waals surface area contributed by atoms with E-state index >= 15 is 0 Å². The molecule has 0 aliphatic carbocycles. The second-order valence-corrected chi connectivity index (χ2v) is 5.73. The molecule has 0 aliphatic heterocycles. The Hall–Kier alpha value is -3.53. The third-order valence-corrected chi connectivity index (χ3v) is 3.68. The van der Waals surface area contributed by atoms with E-state index in [0.717, 1.165) is 12.2 Å². The van der Waals surface area contributed by atoms with Crippen molar-refractivity contribution in [2.45, 2.75) is 13.8 Å². The van der Waals surface area contributed by atoms with E-state index in [-0.39, 0.29) is 5.97 Å². The maximum Gasteiger partial charge on any atom is 0.333 e. The number of esters is 1. The molecule has 0 atom stereocenters. The minimum atomic E-state index is -0.376. The van der Waals surface area contributed by atoms with E-state index < -0.39 is 0 Å². The fourth-order valence-corrected chi connectivity index (χ4v) is 2.20. The Morgan fingerprint density at radius 3 is 2.44 bits per heavy atom. The number of carbonyl (C=O) groups excluding carboxylic acids is 1. The Morgan fingerprint density at radius 2 is 1.89 bits per heavy atom. The van der Waals surface area contributed by atoms with Crippen molar-refractivity contribution in [1.82, 2.24) is 4.98 Å². The molecular formula is C20H21N5O2. The number of likely N-dealkylation sites (N-methyl/N-ethyl adjacent to an activating group) is 1. The third kappa shape index (κ3) is 6.04. The maximum atomic E-state index is 11.4. The molecule has 0 saturated carbocycles. The monoisotopic (exact) mass is 363 g/mol. The van der Waals surface area contributed by atoms with Gasteiger partial charge in [-0.25, -0.2) is 9.78 Å². The number of aromatic nitrogens is 1. The molecule has 7 nitrogen and oxygen atoms in total. The number of hydrogen-bond acceptors (Lipinski definition) is 7. The summed E-state index contributed by atoms with van der Waals surface area (Å²) in [7, 11) is 0. The zero-order valence-electron chi connectivity index (χ0n) is 15.4. The first kappa shape index (κ1) is 19.8. The lowest BCUT2D eigenvalue weighted by molar-refractivity contribution is -0.138. The minimum absolute atomic E-state index is 0.298. The van der Waals surface area contributed by atoms with Gasteiger partial charge in [-0.1, -0.05) is 6.58 Å². The normalized spacial score (nSPS) is 10.4. The third-order valence-electron chi connectivity index (χ3n) is 3.68. The maximum absolute atomic E-state index is 11.4. The van der Waals surface area contributed by atoms with Crippen LogP contribution in [0.25, 0.3) is 0 Å². The Labute approximate surface area is 158 Å². The molecule has 2 rings (SSSR count). The number of pyridine rings is 1. The van der Waals surface area contributed by atoms with Crippen LogP contribution in [0.4, 0.5) is 17.1 Å². The molecule has 0 spiro atoms. The van der Waals surface area contributed by atoms with Gasteiger partial charge in [0.15, 0.2) is 0 Å². The topological polar surface area (TPSA) is 90.9 Å². The number of azo groups is 1. The lowest BCUT2D eigenvalue weighted by Gasteiger charge is -2.22. The van der Waals surface area contributed by atoms with E-state index in [4.69, 9.17) is 10.00 Å². The van der Waals surface area contributed by atoms with Gasteiger partial charge in [0.1, 0.15) is 24.1 Å². The van der Waals surface area contributed by atoms with Gasteiger partial charge in [0.2, 0.25) is 0 Å². The molecule has 0 fully saturated rings. The highest BCUT2D eigenvalue weighted by molar-refractivity contribution is 5.86. The fourth-order valence-electron chi connectivity index (χ4n) is 2.20. The Morgan fingerprint density at radius 1 is 1.22 bits per heavy atom. The highest BCUT2D eigenvalue weighted by Gasteiger charge is 2.07. The lowest BCUT2D eigenvalue weighted by atomic mass is 10.2. The number of anilines is 1. The van der Waals surface area contributed by atoms with E-state index in [1.165, 1.54) is 6.20 Å². The summed E-state index contributed by atoms with van der Waals surface area (Å²) in [5.74, 6) is -0.376. The molecular weight excluding hydrogens is 342 g/mol. The molecule has 138 valence electrons. The van der Waals surface area contributed by atoms with Crippen molar-refractivity contribution < 1.29 is 9.53 Å². The molecule has 1 heterocycles. The predicted molar refractivity (Wildman–Crippen MR) is 103 cm³/mol. The number of rotatable bonds is 8. The molecule has 0 amide bonds. The van der Waals surface area contributed by atoms with E-state index in [2.05, 4.69) is 26.7 Å². The first-order chi connectivity index (χ1) is 13.0. The van der Waals surface area contributed by atoms with Crippen molar-refractivity contribution >= 4 is 23.0 Å². The zero-order chi connectivity index (χ0) is 19.6. The highest BCUT2D eigenvalue weighted by atomic mass is 16.5. The first-order valence-electron chi connectivity index (χ1n) is 8.49. The van der Waals surface area contributed by atoms with Crippen molar-refractivity contribution in [2.24, 2.45) is 10.2 Å². The van der Waals surface area contributed by atoms with Gasteiger partial charge in [-0.2, -0.15) is 10.4 Å². The summed E-state index contributed by atoms with van der Waals surface area (Å²) in [6.07, 6.45) is 1.50. The standard InChI is InChI=1S/C20H21N5O2/c1-4-25(11-12-27-20(26)15(2)3)19-9-7-16(8-10-19)23-24-18-6-5-17(13-21)22-14-18/h5-10,14H,2,4,11-12H2,1,3H3/b24-23+. The molecule has 0 saturated heterocycles. The number of nitriles is 1. The van der Waals surface area contributed by atoms with Crippen molar-refractivity contribution in [1.29, 1.82) is 5.26 Å². The molecule has 0 N–H and O–H groups in total. The molecule has 0 bridgehead atoms. The quantitative estimate of drug-likeness (QED) is 0.396. The van der Waals surface area contributed by atoms with Gasteiger partial charge in [-0.05, 0) is 50.2 Å². The van der Waals surface area contributed by atoms with E-state index in [1.54, 1.807) is 19.1 Å². The van der Waals surface area contributed by atoms with Gasteiger partial charge in [-0.3, -0.25) is 0 Å². The van der Waals surface area contributed by atoms with Crippen LogP contribution in [0.15, 0.2) is 65.0 Å². The molecule has 1 aromatic heterocycles. The first-order valence-corrected chi connectivity index (χ1v) is 8.49. The summed E-state index contributed by atoms with van der Waals surface area (Å²) in [4.78, 5) is 17.5. The molecule has 0 radical (unpaired) electrons. The van der Waals surface area contributed by atoms with Crippen LogP contribution in [-0.4, -0.2) is 30.6 Å². The highest BCUT2D eigenvalue weighted by Crippen LogP contribution is 2.22. The van der Waals surface area contributed by atoms with Crippen molar-refractivity contribution in [3.05, 3.63) is 60.4 Å². The summed E-state index contributed by atoms with van der Waals surface area (Å²) in [5.41, 5.74) is 3.01. The Bertz CT molecular complexity index is 851. The average molecular weight is 363 g/mol. The molecule has 27 heavy (non-hydrogen) atoms. The van der Waals surface area contributed by atoms with E-state index in [9.17, 15) is 4.79 Å². The summed E-state index contributed by atoms with van der Waals surface area (Å²) < 4.78 is 5.15. The SMILES string of the molecule is C=C(C)C(=O)OCCN(CC)c1ccc(/N=N/c2ccc(C#N)nc2)cc1. The van der Waals surface area contributed by atoms with Crippen LogP contribution in [0.1, 0.15) is 19.5 Å². The van der Waals surface area contributed by atoms with Crippen molar-refractivity contribution in [3.63, 3.8) is 0 Å². The number of benzene rings is 1. The average Bonchev–Trinajstić information content (AvgIpc) is 2.70. The van der Waals surface area contributed by atoms with Gasteiger partial charge >= 0.3 is 5.97 Å². The van der Waals surface area contributed by atoms with Gasteiger partial charge < -0.3 is 9.64 Å². The van der Waals surface area contributed by atoms with Crippen LogP contribution in [-0.2, 0) is 9.53 Å². The number of hydrogen-bond donors (Lipinski definition) is 0. The van der Waals surface area contributed by atoms with Crippen LogP contribution < -0.4 is 4.90 Å². The van der Waals surface area contributed by atoms with E-state index in [1.807, 2.05) is 37.3 Å². The Kier molecular flexibility index (Phi) is 7.20. The van der Waals surface area contributed by atoms with Gasteiger partial charge in [0.05, 0.1) is 18.4 Å². The number of carbonyl (C=O) groups is 1. The van der Waals surface area contributed by atoms with E-state index in [0.29, 0.717) is 35.8 Å². The summed E-state index contributed by atoms with van der Waals surface area (Å²) >= 11 is 0. The molecule has 7 heteroatoms. The summed E-state index contributed by atoms with van der Waals surface area (Å²) in [6, 6.07) is 12.8. The largest absolute Gasteiger partial charge is 0.460 e. The molecule has 1 aromatic carbocycles. The predicted octanol–water partition coefficient (Wildman–Crippen LogP) is 4.31. The zero-order valence-corrected chi connectivity index (χ0v) is 15.4. The van der Waals surface area contributed by atoms with Gasteiger partial charge in [0, 0.05) is 17.8 Å². The summed E-state index contributed by atoms with van der Waals surface area (Å²) in [6.45, 7) is 8.89. The smallest absolute Gasteiger partial charge is 0.333 e. The summed E-state index contributed by atoms with van der Waals surface area (Å²) in [5, 5.41) is 17.0. The Balaban J connectivity index is 1.95. The van der Waals surface area contributed by atoms with Crippen molar-refractivity contribution in [3.8, 4) is 6.07 Å². The van der Waals surface area contributed by atoms with Gasteiger partial charge in [-0.15, -0.1) is 5.11 Å². The van der Waals surface area contributed by atoms with Crippen LogP contribution >= 0.6 is 0 Å². The lowest BCUT2D eigenvalue weighted by Crippen LogP contribution is -2.28. The second-order valence-electron chi connectivity index (χ2n) is 5.73. The van der Waals surface area contributed by atoms with Crippen LogP contribution in [0.5, 0.6) is 0 Å². The minimum Gasteiger partial charge on any atom is -0.460 e. The van der Waals surface area contributed by atoms with Crippen molar-refractivity contribution in [2.75, 3.05) is 24.6 Å². The fraction of sp³-hybridized carbons (Fsp3) is 0.250. The van der Waals surface area contributed by atoms with Crippen LogP contribution in [0.3, 0.4) is 0 Å². The molecule has 2 aromatic rings. The number of ether oxygens (including phenoxy) is 1. The molecule has 0 unspecified atom stereocenters.